The van der Waals surface area contributed by atoms with Gasteiger partial charge in [0.05, 0.1) is 18.9 Å². The number of aromatic hydroxyl groups is 1. The first-order valence-electron chi connectivity index (χ1n) is 7.02. The Hall–Kier alpha value is -1.46. The first-order valence-corrected chi connectivity index (χ1v) is 7.02. The van der Waals surface area contributed by atoms with Crippen LogP contribution >= 0.6 is 0 Å². The molecule has 0 aliphatic heterocycles. The zero-order valence-corrected chi connectivity index (χ0v) is 12.4. The summed E-state index contributed by atoms with van der Waals surface area (Å²) in [5.74, 6) is 0.592. The number of phenols is 1. The fraction of sp³-hybridized carbons (Fsp3) is 0.600. The van der Waals surface area contributed by atoms with E-state index in [-0.39, 0.29) is 17.9 Å². The van der Waals surface area contributed by atoms with E-state index in [1.54, 1.807) is 14.2 Å². The van der Waals surface area contributed by atoms with E-state index in [1.165, 1.54) is 0 Å². The predicted molar refractivity (Wildman–Crippen MR) is 79.3 cm³/mol. The smallest absolute Gasteiger partial charge is 0.181 e. The van der Waals surface area contributed by atoms with Crippen LogP contribution in [0.3, 0.4) is 0 Å². The molecule has 0 saturated heterocycles. The van der Waals surface area contributed by atoms with Gasteiger partial charge in [-0.15, -0.1) is 0 Å². The molecule has 5 heteroatoms. The number of methoxy groups -OCH3 is 1. The average Bonchev–Trinajstić information content (AvgIpc) is 2.86. The molecule has 0 amide bonds. The molecule has 0 bridgehead atoms. The maximum Gasteiger partial charge on any atom is 0.181 e. The van der Waals surface area contributed by atoms with E-state index in [0.717, 1.165) is 24.8 Å². The van der Waals surface area contributed by atoms with Gasteiger partial charge in [-0.2, -0.15) is 0 Å². The number of rotatable bonds is 5. The summed E-state index contributed by atoms with van der Waals surface area (Å²) in [5.41, 5.74) is 1.70. The van der Waals surface area contributed by atoms with Crippen LogP contribution in [0.1, 0.15) is 24.8 Å². The Morgan fingerprint density at radius 1 is 1.40 bits per heavy atom. The molecule has 0 heterocycles. The highest BCUT2D eigenvalue weighted by molar-refractivity contribution is 5.63. The van der Waals surface area contributed by atoms with Crippen LogP contribution < -0.4 is 10.1 Å². The Balaban J connectivity index is 2.16. The second-order valence-electron chi connectivity index (χ2n) is 5.42. The Bertz CT molecular complexity index is 439. The minimum absolute atomic E-state index is 0.127. The van der Waals surface area contributed by atoms with Crippen LogP contribution in [-0.2, 0) is 6.54 Å². The molecule has 112 valence electrons. The Labute approximate surface area is 120 Å². The van der Waals surface area contributed by atoms with Gasteiger partial charge in [0.2, 0.25) is 0 Å². The van der Waals surface area contributed by atoms with E-state index >= 15 is 0 Å². The minimum Gasteiger partial charge on any atom is -0.503 e. The van der Waals surface area contributed by atoms with E-state index in [2.05, 4.69) is 10.2 Å². The van der Waals surface area contributed by atoms with Crippen molar-refractivity contribution in [3.8, 4) is 11.5 Å². The number of likely N-dealkylation sites (N-methyl/N-ethyl adjacent to an activating group) is 1. The molecule has 1 fully saturated rings. The van der Waals surface area contributed by atoms with E-state index in [9.17, 15) is 10.2 Å². The molecule has 1 saturated carbocycles. The van der Waals surface area contributed by atoms with Crippen molar-refractivity contribution in [2.45, 2.75) is 38.0 Å². The summed E-state index contributed by atoms with van der Waals surface area (Å²) in [7, 11) is 5.34. The molecule has 0 aromatic heterocycles. The third-order valence-corrected chi connectivity index (χ3v) is 4.07. The van der Waals surface area contributed by atoms with Gasteiger partial charge in [0.1, 0.15) is 0 Å². The Morgan fingerprint density at radius 2 is 2.15 bits per heavy atom. The van der Waals surface area contributed by atoms with Crippen molar-refractivity contribution in [1.82, 2.24) is 4.90 Å². The van der Waals surface area contributed by atoms with Crippen molar-refractivity contribution in [2.24, 2.45) is 0 Å². The average molecular weight is 280 g/mol. The maximum atomic E-state index is 9.96. The molecular weight excluding hydrogens is 256 g/mol. The number of aliphatic hydroxyl groups is 1. The monoisotopic (exact) mass is 280 g/mol. The molecule has 1 aliphatic rings. The predicted octanol–water partition coefficient (Wildman–Crippen LogP) is 1.79. The van der Waals surface area contributed by atoms with Crippen LogP contribution in [0, 0.1) is 0 Å². The van der Waals surface area contributed by atoms with Crippen LogP contribution in [0.2, 0.25) is 0 Å². The van der Waals surface area contributed by atoms with Gasteiger partial charge in [-0.05, 0) is 44.0 Å². The number of ether oxygens (including phenoxy) is 1. The highest BCUT2D eigenvalue weighted by atomic mass is 16.5. The van der Waals surface area contributed by atoms with Gasteiger partial charge in [-0.25, -0.2) is 0 Å². The van der Waals surface area contributed by atoms with Crippen molar-refractivity contribution in [3.05, 3.63) is 17.7 Å². The third-order valence-electron chi connectivity index (χ3n) is 4.07. The third kappa shape index (κ3) is 2.99. The second-order valence-corrected chi connectivity index (χ2v) is 5.42. The van der Waals surface area contributed by atoms with Crippen LogP contribution in [0.4, 0.5) is 5.69 Å². The lowest BCUT2D eigenvalue weighted by molar-refractivity contribution is 0.0824. The van der Waals surface area contributed by atoms with E-state index in [1.807, 2.05) is 19.2 Å². The molecule has 5 nitrogen and oxygen atoms in total. The maximum absolute atomic E-state index is 9.96. The summed E-state index contributed by atoms with van der Waals surface area (Å²) < 4.78 is 5.20. The van der Waals surface area contributed by atoms with E-state index < -0.39 is 0 Å². The highest BCUT2D eigenvalue weighted by Crippen LogP contribution is 2.36. The lowest BCUT2D eigenvalue weighted by Gasteiger charge is -2.27. The van der Waals surface area contributed by atoms with E-state index in [0.29, 0.717) is 18.0 Å². The molecule has 20 heavy (non-hydrogen) atoms. The van der Waals surface area contributed by atoms with Crippen molar-refractivity contribution < 1.29 is 14.9 Å². The summed E-state index contributed by atoms with van der Waals surface area (Å²) >= 11 is 0. The van der Waals surface area contributed by atoms with Crippen LogP contribution in [-0.4, -0.2) is 48.5 Å². The zero-order chi connectivity index (χ0) is 14.7. The van der Waals surface area contributed by atoms with Gasteiger partial charge in [0, 0.05) is 19.6 Å². The molecule has 1 aromatic carbocycles. The topological polar surface area (TPSA) is 65.0 Å². The van der Waals surface area contributed by atoms with Crippen LogP contribution in [0.15, 0.2) is 12.1 Å². The second kappa shape index (κ2) is 6.33. The molecule has 3 N–H and O–H groups in total. The number of hydrogen-bond donors (Lipinski definition) is 3. The lowest BCUT2D eigenvalue weighted by atomic mass is 10.1. The molecule has 0 radical (unpaired) electrons. The van der Waals surface area contributed by atoms with Gasteiger partial charge in [-0.3, -0.25) is 4.90 Å². The number of benzene rings is 1. The summed E-state index contributed by atoms with van der Waals surface area (Å²) in [4.78, 5) is 2.17. The van der Waals surface area contributed by atoms with Gasteiger partial charge in [0.15, 0.2) is 11.5 Å². The number of hydrogen-bond acceptors (Lipinski definition) is 5. The summed E-state index contributed by atoms with van der Waals surface area (Å²) in [5, 5.41) is 22.9. The summed E-state index contributed by atoms with van der Waals surface area (Å²) in [6.07, 6.45) is 2.76. The molecule has 1 aromatic rings. The highest BCUT2D eigenvalue weighted by Gasteiger charge is 2.28. The summed E-state index contributed by atoms with van der Waals surface area (Å²) in [6.45, 7) is 0.715. The van der Waals surface area contributed by atoms with Crippen LogP contribution in [0.5, 0.6) is 11.5 Å². The molecule has 1 aliphatic carbocycles. The summed E-state index contributed by atoms with van der Waals surface area (Å²) in [6, 6.07) is 3.97. The number of anilines is 1. The molecule has 0 spiro atoms. The van der Waals surface area contributed by atoms with Gasteiger partial charge >= 0.3 is 0 Å². The number of nitrogens with one attached hydrogen (secondary N) is 1. The van der Waals surface area contributed by atoms with Crippen molar-refractivity contribution in [1.29, 1.82) is 0 Å². The van der Waals surface area contributed by atoms with Crippen molar-refractivity contribution >= 4 is 5.69 Å². The quantitative estimate of drug-likeness (QED) is 0.718. The fourth-order valence-electron chi connectivity index (χ4n) is 2.94. The molecule has 2 atom stereocenters. The fourth-order valence-corrected chi connectivity index (χ4v) is 2.94. The number of phenolic OH excluding ortho intramolecular Hbond substituents is 1. The first kappa shape index (κ1) is 14.9. The number of nitrogens with zero attached hydrogens (tertiary/aromatic N) is 1. The zero-order valence-electron chi connectivity index (χ0n) is 12.4. The normalized spacial score (nSPS) is 22.2. The van der Waals surface area contributed by atoms with Gasteiger partial charge in [0.25, 0.3) is 0 Å². The lowest BCUT2D eigenvalue weighted by Crippen LogP contribution is -2.36. The first-order chi connectivity index (χ1) is 9.56. The van der Waals surface area contributed by atoms with E-state index in [4.69, 9.17) is 4.74 Å². The number of aliphatic hydroxyl groups excluding tert-OH is 1. The van der Waals surface area contributed by atoms with Gasteiger partial charge < -0.3 is 20.3 Å². The minimum atomic E-state index is -0.234. The molecule has 0 unspecified atom stereocenters. The SMILES string of the molecule is CNc1cc(CN(C)[C@@H]2CCC[C@@H]2O)cc(OC)c1O. The Kier molecular flexibility index (Phi) is 4.73. The largest absolute Gasteiger partial charge is 0.503 e. The van der Waals surface area contributed by atoms with Crippen LogP contribution in [0.25, 0.3) is 0 Å². The standard InChI is InChI=1S/C15H24N2O3/c1-16-11-7-10(8-14(20-3)15(11)19)9-17(2)12-5-4-6-13(12)18/h7-8,12-13,16,18-19H,4-6,9H2,1-3H3/t12-,13+/m1/s1. The van der Waals surface area contributed by atoms with Crippen molar-refractivity contribution in [2.75, 3.05) is 26.5 Å². The molecular formula is C15H24N2O3. The Morgan fingerprint density at radius 3 is 2.70 bits per heavy atom. The van der Waals surface area contributed by atoms with Crippen molar-refractivity contribution in [3.63, 3.8) is 0 Å². The molecule has 2 rings (SSSR count). The van der Waals surface area contributed by atoms with Gasteiger partial charge in [-0.1, -0.05) is 0 Å².